The van der Waals surface area contributed by atoms with E-state index >= 15 is 0 Å². The van der Waals surface area contributed by atoms with Crippen LogP contribution in [-0.2, 0) is 17.8 Å². The number of carbonyl (C=O) groups excluding carboxylic acids is 2. The second-order valence-corrected chi connectivity index (χ2v) is 11.1. The number of hydrogen-bond acceptors (Lipinski definition) is 5. The van der Waals surface area contributed by atoms with Gasteiger partial charge in [-0.2, -0.15) is 5.10 Å². The molecule has 8 heteroatoms. The van der Waals surface area contributed by atoms with Gasteiger partial charge in [0.1, 0.15) is 0 Å². The van der Waals surface area contributed by atoms with E-state index in [0.717, 1.165) is 36.3 Å². The van der Waals surface area contributed by atoms with Gasteiger partial charge >= 0.3 is 0 Å². The molecule has 1 aliphatic heterocycles. The Hall–Kier alpha value is -4.30. The number of para-hydroxylation sites is 1. The highest BCUT2D eigenvalue weighted by atomic mass is 16.2. The molecule has 0 saturated carbocycles. The van der Waals surface area contributed by atoms with Crippen molar-refractivity contribution in [2.24, 2.45) is 5.92 Å². The minimum absolute atomic E-state index is 0.0319. The van der Waals surface area contributed by atoms with Crippen molar-refractivity contribution in [2.75, 3.05) is 37.6 Å². The van der Waals surface area contributed by atoms with Crippen LogP contribution in [0, 0.1) is 5.92 Å². The summed E-state index contributed by atoms with van der Waals surface area (Å²) in [6.07, 6.45) is 1.13. The Morgan fingerprint density at radius 2 is 1.56 bits per heavy atom. The van der Waals surface area contributed by atoms with Crippen LogP contribution in [0.1, 0.15) is 41.9 Å². The van der Waals surface area contributed by atoms with Gasteiger partial charge in [0.2, 0.25) is 5.91 Å². The van der Waals surface area contributed by atoms with E-state index in [9.17, 15) is 14.4 Å². The number of nitrogens with one attached hydrogen (secondary N) is 1. The lowest BCUT2D eigenvalue weighted by Crippen LogP contribution is -2.40. The largest absolute Gasteiger partial charge is 0.332 e. The molecule has 0 fully saturated rings. The number of rotatable bonds is 5. The highest BCUT2D eigenvalue weighted by Crippen LogP contribution is 2.26. The van der Waals surface area contributed by atoms with Gasteiger partial charge in [-0.1, -0.05) is 80.6 Å². The van der Waals surface area contributed by atoms with Crippen LogP contribution in [0.25, 0.3) is 10.8 Å². The van der Waals surface area contributed by atoms with Crippen molar-refractivity contribution in [3.05, 3.63) is 106 Å². The molecular weight excluding hydrogens is 514 g/mol. The number of H-pyrrole nitrogens is 1. The molecule has 8 nitrogen and oxygen atoms in total. The average molecular weight is 552 g/mol. The van der Waals surface area contributed by atoms with Crippen molar-refractivity contribution in [3.8, 4) is 0 Å². The number of benzene rings is 3. The fourth-order valence-electron chi connectivity index (χ4n) is 5.56. The zero-order valence-electron chi connectivity index (χ0n) is 23.8. The summed E-state index contributed by atoms with van der Waals surface area (Å²) in [4.78, 5) is 46.3. The summed E-state index contributed by atoms with van der Waals surface area (Å²) in [7, 11) is 0. The molecule has 5 rings (SSSR count). The molecular formula is C33H37N5O3. The number of nitrogens with zero attached hydrogens (tertiary/aromatic N) is 4. The number of aromatic amines is 1. The van der Waals surface area contributed by atoms with Crippen LogP contribution in [0.15, 0.2) is 83.7 Å². The Morgan fingerprint density at radius 1 is 0.854 bits per heavy atom. The predicted molar refractivity (Wildman–Crippen MR) is 162 cm³/mol. The van der Waals surface area contributed by atoms with Gasteiger partial charge in [0.25, 0.3) is 11.5 Å². The first-order valence-electron chi connectivity index (χ1n) is 14.3. The van der Waals surface area contributed by atoms with Crippen LogP contribution in [0.2, 0.25) is 0 Å². The van der Waals surface area contributed by atoms with E-state index in [2.05, 4.69) is 28.9 Å². The lowest BCUT2D eigenvalue weighted by molar-refractivity contribution is -0.118. The second kappa shape index (κ2) is 12.9. The van der Waals surface area contributed by atoms with E-state index in [1.165, 1.54) is 0 Å². The molecule has 0 spiro atoms. The Morgan fingerprint density at radius 3 is 2.34 bits per heavy atom. The van der Waals surface area contributed by atoms with Crippen LogP contribution in [0.5, 0.6) is 0 Å². The number of amides is 2. The fourth-order valence-corrected chi connectivity index (χ4v) is 5.56. The Labute approximate surface area is 240 Å². The smallest absolute Gasteiger partial charge is 0.275 e. The van der Waals surface area contributed by atoms with Crippen LogP contribution < -0.4 is 10.5 Å². The molecule has 212 valence electrons. The first-order chi connectivity index (χ1) is 19.9. The van der Waals surface area contributed by atoms with E-state index in [0.29, 0.717) is 49.3 Å². The molecule has 0 atom stereocenters. The third kappa shape index (κ3) is 6.72. The lowest BCUT2D eigenvalue weighted by Gasteiger charge is -2.28. The van der Waals surface area contributed by atoms with Crippen molar-refractivity contribution < 1.29 is 9.59 Å². The molecule has 2 heterocycles. The van der Waals surface area contributed by atoms with Crippen LogP contribution >= 0.6 is 0 Å². The number of anilines is 1. The molecule has 4 aromatic rings. The van der Waals surface area contributed by atoms with Crippen molar-refractivity contribution in [1.29, 1.82) is 0 Å². The minimum atomic E-state index is -0.324. The van der Waals surface area contributed by atoms with Gasteiger partial charge in [0.05, 0.1) is 11.8 Å². The van der Waals surface area contributed by atoms with Crippen molar-refractivity contribution in [2.45, 2.75) is 33.2 Å². The zero-order chi connectivity index (χ0) is 28.8. The molecule has 2 amide bonds. The standard InChI is InChI=1S/C33H37N5O3/c1-24(2)22-36-17-10-18-38(30(39)21-25-11-4-3-5-12-25)29-16-9-6-13-26(29)23-37(20-19-36)33(41)31-27-14-7-8-15-28(27)32(40)35-34-31/h3-9,11-16,24H,10,17-23H2,1-2H3,(H,35,40). The summed E-state index contributed by atoms with van der Waals surface area (Å²) in [5, 5.41) is 7.67. The third-order valence-electron chi connectivity index (χ3n) is 7.49. The Kier molecular flexibility index (Phi) is 8.89. The van der Waals surface area contributed by atoms with Gasteiger partial charge < -0.3 is 14.7 Å². The monoisotopic (exact) mass is 551 g/mol. The molecule has 1 aliphatic rings. The summed E-state index contributed by atoms with van der Waals surface area (Å²) in [5.41, 5.74) is 2.59. The average Bonchev–Trinajstić information content (AvgIpc) is 3.01. The second-order valence-electron chi connectivity index (χ2n) is 11.1. The minimum Gasteiger partial charge on any atom is -0.332 e. The first kappa shape index (κ1) is 28.2. The summed E-state index contributed by atoms with van der Waals surface area (Å²) >= 11 is 0. The van der Waals surface area contributed by atoms with E-state index < -0.39 is 0 Å². The zero-order valence-corrected chi connectivity index (χ0v) is 23.8. The Balaban J connectivity index is 1.53. The molecule has 1 N–H and O–H groups in total. The fraction of sp³-hybridized carbons (Fsp3) is 0.333. The third-order valence-corrected chi connectivity index (χ3v) is 7.49. The van der Waals surface area contributed by atoms with E-state index in [-0.39, 0.29) is 23.1 Å². The highest BCUT2D eigenvalue weighted by molar-refractivity contribution is 6.04. The molecule has 0 saturated heterocycles. The predicted octanol–water partition coefficient (Wildman–Crippen LogP) is 4.50. The Bertz CT molecular complexity index is 1570. The summed E-state index contributed by atoms with van der Waals surface area (Å²) < 4.78 is 0. The molecule has 41 heavy (non-hydrogen) atoms. The van der Waals surface area contributed by atoms with E-state index in [1.807, 2.05) is 65.6 Å². The van der Waals surface area contributed by atoms with Gasteiger partial charge in [0, 0.05) is 43.8 Å². The number of carbonyl (C=O) groups is 2. The van der Waals surface area contributed by atoms with Gasteiger partial charge in [-0.3, -0.25) is 14.4 Å². The maximum absolute atomic E-state index is 14.1. The van der Waals surface area contributed by atoms with Crippen LogP contribution in [0.4, 0.5) is 5.69 Å². The van der Waals surface area contributed by atoms with Crippen LogP contribution in [0.3, 0.4) is 0 Å². The molecule has 1 aromatic heterocycles. The number of fused-ring (bicyclic) bond motifs is 2. The lowest BCUT2D eigenvalue weighted by atomic mass is 10.1. The molecule has 0 radical (unpaired) electrons. The van der Waals surface area contributed by atoms with Gasteiger partial charge in [-0.15, -0.1) is 0 Å². The topological polar surface area (TPSA) is 89.6 Å². The van der Waals surface area contributed by atoms with Gasteiger partial charge in [-0.25, -0.2) is 5.10 Å². The highest BCUT2D eigenvalue weighted by Gasteiger charge is 2.26. The molecule has 0 unspecified atom stereocenters. The van der Waals surface area contributed by atoms with Gasteiger partial charge in [0.15, 0.2) is 5.69 Å². The SMILES string of the molecule is CC(C)CN1CCCN(C(=O)Cc2ccccc2)c2ccccc2CN(C(=O)c2n[nH]c(=O)c3ccccc23)CC1. The van der Waals surface area contributed by atoms with Gasteiger partial charge in [-0.05, 0) is 42.1 Å². The van der Waals surface area contributed by atoms with Crippen LogP contribution in [-0.4, -0.2) is 64.5 Å². The quantitative estimate of drug-likeness (QED) is 0.395. The normalized spacial score (nSPS) is 15.0. The van der Waals surface area contributed by atoms with E-state index in [4.69, 9.17) is 0 Å². The number of hydrogen-bond donors (Lipinski definition) is 1. The van der Waals surface area contributed by atoms with E-state index in [1.54, 1.807) is 23.1 Å². The molecule has 0 aliphatic carbocycles. The van der Waals surface area contributed by atoms with Crippen molar-refractivity contribution in [3.63, 3.8) is 0 Å². The maximum Gasteiger partial charge on any atom is 0.275 e. The number of aromatic nitrogens is 2. The van der Waals surface area contributed by atoms with Crippen molar-refractivity contribution >= 4 is 28.3 Å². The summed E-state index contributed by atoms with van der Waals surface area (Å²) in [6, 6.07) is 24.7. The summed E-state index contributed by atoms with van der Waals surface area (Å²) in [6.45, 7) is 8.19. The molecule has 3 aromatic carbocycles. The first-order valence-corrected chi connectivity index (χ1v) is 14.3. The molecule has 0 bridgehead atoms. The maximum atomic E-state index is 14.1. The summed E-state index contributed by atoms with van der Waals surface area (Å²) in [5.74, 6) is 0.240. The van der Waals surface area contributed by atoms with Crippen molar-refractivity contribution in [1.82, 2.24) is 20.0 Å².